The zero-order valence-electron chi connectivity index (χ0n) is 24.1. The molecule has 5 saturated carbocycles. The molecule has 0 aromatic carbocycles. The molecular formula is C31H43NO8. The second-order valence-corrected chi connectivity index (χ2v) is 13.9. The van der Waals surface area contributed by atoms with E-state index in [0.717, 1.165) is 5.57 Å². The monoisotopic (exact) mass is 557 g/mol. The molecule has 0 amide bonds. The average Bonchev–Trinajstić information content (AvgIpc) is 3.15. The molecule has 9 nitrogen and oxygen atoms in total. The van der Waals surface area contributed by atoms with E-state index < -0.39 is 64.1 Å². The predicted molar refractivity (Wildman–Crippen MR) is 144 cm³/mol. The van der Waals surface area contributed by atoms with Gasteiger partial charge in [-0.2, -0.15) is 0 Å². The number of likely N-dealkylation sites (tertiary alicyclic amines) is 1. The summed E-state index contributed by atoms with van der Waals surface area (Å²) in [5.74, 6) is -2.09. The minimum atomic E-state index is -1.54. The van der Waals surface area contributed by atoms with Crippen molar-refractivity contribution in [1.29, 1.82) is 0 Å². The number of aliphatic hydroxyl groups excluding tert-OH is 3. The van der Waals surface area contributed by atoms with Crippen LogP contribution >= 0.6 is 0 Å². The van der Waals surface area contributed by atoms with Crippen LogP contribution in [0.2, 0.25) is 0 Å². The molecule has 1 aliphatic heterocycles. The van der Waals surface area contributed by atoms with Crippen molar-refractivity contribution in [1.82, 2.24) is 4.90 Å². The number of aliphatic hydroxyl groups is 4. The second-order valence-electron chi connectivity index (χ2n) is 13.9. The van der Waals surface area contributed by atoms with Gasteiger partial charge in [-0.3, -0.25) is 0 Å². The van der Waals surface area contributed by atoms with Crippen molar-refractivity contribution in [2.75, 3.05) is 20.2 Å². The van der Waals surface area contributed by atoms with E-state index in [1.165, 1.54) is 6.08 Å². The lowest BCUT2D eigenvalue weighted by Crippen LogP contribution is -2.82. The summed E-state index contributed by atoms with van der Waals surface area (Å²) in [6, 6.07) is -0.242. The highest BCUT2D eigenvalue weighted by Crippen LogP contribution is 2.84. The molecule has 1 heterocycles. The van der Waals surface area contributed by atoms with Crippen LogP contribution in [0.15, 0.2) is 35.5 Å². The molecule has 1 saturated heterocycles. The van der Waals surface area contributed by atoms with E-state index in [9.17, 15) is 30.0 Å². The van der Waals surface area contributed by atoms with Gasteiger partial charge in [0.2, 0.25) is 0 Å². The molecular weight excluding hydrogens is 514 g/mol. The van der Waals surface area contributed by atoms with Gasteiger partial charge in [-0.05, 0) is 70.9 Å². The topological polar surface area (TPSA) is 137 Å². The number of ether oxygens (including phenoxy) is 2. The molecule has 0 aromatic heterocycles. The fourth-order valence-corrected chi connectivity index (χ4v) is 11.2. The first kappa shape index (κ1) is 28.1. The second kappa shape index (κ2) is 8.74. The Morgan fingerprint density at radius 1 is 1.10 bits per heavy atom. The summed E-state index contributed by atoms with van der Waals surface area (Å²) in [6.07, 6.45) is 1.03. The number of piperidine rings is 1. The number of esters is 2. The van der Waals surface area contributed by atoms with Gasteiger partial charge < -0.3 is 34.8 Å². The third-order valence-corrected chi connectivity index (χ3v) is 12.1. The van der Waals surface area contributed by atoms with Crippen LogP contribution in [0.1, 0.15) is 53.4 Å². The van der Waals surface area contributed by atoms with E-state index in [4.69, 9.17) is 9.47 Å². The number of hydrogen-bond donors (Lipinski definition) is 4. The van der Waals surface area contributed by atoms with Crippen molar-refractivity contribution in [2.45, 2.75) is 89.4 Å². The highest BCUT2D eigenvalue weighted by atomic mass is 16.6. The van der Waals surface area contributed by atoms with E-state index in [1.54, 1.807) is 26.8 Å². The number of carbonyl (C=O) groups is 2. The molecule has 6 fully saturated rings. The van der Waals surface area contributed by atoms with Crippen molar-refractivity contribution < 1.29 is 39.5 Å². The van der Waals surface area contributed by atoms with Gasteiger partial charge in [0.15, 0.2) is 0 Å². The molecule has 9 heteroatoms. The van der Waals surface area contributed by atoms with Gasteiger partial charge in [-0.25, -0.2) is 9.59 Å². The number of allylic oxidation sites excluding steroid dienone is 1. The van der Waals surface area contributed by atoms with E-state index in [2.05, 4.69) is 11.5 Å². The van der Waals surface area contributed by atoms with Crippen LogP contribution in [0, 0.1) is 34.0 Å². The number of hydrogen-bond acceptors (Lipinski definition) is 9. The van der Waals surface area contributed by atoms with Gasteiger partial charge in [-0.1, -0.05) is 25.2 Å². The van der Waals surface area contributed by atoms with Crippen molar-refractivity contribution >= 4 is 11.9 Å². The maximum atomic E-state index is 13.4. The molecule has 6 aliphatic rings. The highest BCUT2D eigenvalue weighted by Gasteiger charge is 2.90. The van der Waals surface area contributed by atoms with E-state index >= 15 is 0 Å². The fraction of sp³-hybridized carbons (Fsp3) is 0.742. The SMILES string of the molecule is C=C1C[C@]23C[C@H](O)[C@]4(O)[C@@]5(C)C[C@H](O)C[C@]46C([C@H]2[C@H]1[C@@H](OC(=O)/C(C)=C/C)[C@@H](OC(=O)/C(C)=C/CO)[C@H]36)N(C)C5. The molecule has 5 aliphatic carbocycles. The first-order valence-corrected chi connectivity index (χ1v) is 14.5. The van der Waals surface area contributed by atoms with Crippen molar-refractivity contribution in [3.63, 3.8) is 0 Å². The summed E-state index contributed by atoms with van der Waals surface area (Å²) >= 11 is 0. The predicted octanol–water partition coefficient (Wildman–Crippen LogP) is 1.49. The van der Waals surface area contributed by atoms with Crippen LogP contribution in [0.4, 0.5) is 0 Å². The first-order chi connectivity index (χ1) is 18.7. The molecule has 0 aromatic rings. The third-order valence-electron chi connectivity index (χ3n) is 12.1. The lowest BCUT2D eigenvalue weighted by Gasteiger charge is -2.72. The number of rotatable bonds is 5. The van der Waals surface area contributed by atoms with Gasteiger partial charge in [0, 0.05) is 46.4 Å². The Kier molecular flexibility index (Phi) is 6.14. The zero-order chi connectivity index (χ0) is 29.2. The van der Waals surface area contributed by atoms with E-state index in [0.29, 0.717) is 31.4 Å². The smallest absolute Gasteiger partial charge is 0.333 e. The van der Waals surface area contributed by atoms with Gasteiger partial charge in [0.1, 0.15) is 17.8 Å². The Hall–Kier alpha value is -2.04. The van der Waals surface area contributed by atoms with Crippen LogP contribution in [0.3, 0.4) is 0 Å². The van der Waals surface area contributed by atoms with Crippen LogP contribution in [0.5, 0.6) is 0 Å². The number of nitrogens with zero attached hydrogens (tertiary/aromatic N) is 1. The highest BCUT2D eigenvalue weighted by molar-refractivity contribution is 5.89. The zero-order valence-corrected chi connectivity index (χ0v) is 24.1. The molecule has 2 spiro atoms. The van der Waals surface area contributed by atoms with E-state index in [-0.39, 0.29) is 36.5 Å². The van der Waals surface area contributed by atoms with Gasteiger partial charge in [0.05, 0.1) is 18.8 Å². The van der Waals surface area contributed by atoms with Crippen molar-refractivity contribution in [3.8, 4) is 0 Å². The summed E-state index contributed by atoms with van der Waals surface area (Å²) in [7, 11) is 2.05. The minimum absolute atomic E-state index is 0.110. The maximum Gasteiger partial charge on any atom is 0.333 e. The Morgan fingerprint density at radius 2 is 1.75 bits per heavy atom. The van der Waals surface area contributed by atoms with Gasteiger partial charge in [0.25, 0.3) is 0 Å². The minimum Gasteiger partial charge on any atom is -0.455 e. The van der Waals surface area contributed by atoms with E-state index in [1.807, 2.05) is 14.0 Å². The first-order valence-electron chi connectivity index (χ1n) is 14.5. The fourth-order valence-electron chi connectivity index (χ4n) is 11.2. The van der Waals surface area contributed by atoms with Gasteiger partial charge >= 0.3 is 11.9 Å². The van der Waals surface area contributed by atoms with Crippen LogP contribution < -0.4 is 0 Å². The quantitative estimate of drug-likeness (QED) is 0.225. The van der Waals surface area contributed by atoms with Crippen molar-refractivity contribution in [3.05, 3.63) is 35.5 Å². The molecule has 40 heavy (non-hydrogen) atoms. The summed E-state index contributed by atoms with van der Waals surface area (Å²) in [6.45, 7) is 11.6. The molecule has 220 valence electrons. The largest absolute Gasteiger partial charge is 0.455 e. The Morgan fingerprint density at radius 3 is 2.40 bits per heavy atom. The van der Waals surface area contributed by atoms with Crippen LogP contribution in [0.25, 0.3) is 0 Å². The summed E-state index contributed by atoms with van der Waals surface area (Å²) in [5.41, 5.74) is -2.34. The molecule has 6 bridgehead atoms. The van der Waals surface area contributed by atoms with Gasteiger partial charge in [-0.15, -0.1) is 0 Å². The van der Waals surface area contributed by atoms with Crippen LogP contribution in [-0.4, -0.2) is 93.5 Å². The Bertz CT molecular complexity index is 1230. The van der Waals surface area contributed by atoms with Crippen molar-refractivity contribution in [2.24, 2.45) is 34.0 Å². The summed E-state index contributed by atoms with van der Waals surface area (Å²) in [4.78, 5) is 29.0. The normalized spacial score (nSPS) is 51.1. The lowest BCUT2D eigenvalue weighted by atomic mass is 9.38. The Labute approximate surface area is 235 Å². The van der Waals surface area contributed by atoms with Crippen LogP contribution in [-0.2, 0) is 19.1 Å². The Balaban J connectivity index is 1.60. The summed E-state index contributed by atoms with van der Waals surface area (Å²) < 4.78 is 12.5. The molecule has 6 rings (SSSR count). The maximum absolute atomic E-state index is 13.4. The standard InChI is InChI=1S/C31H43NO8/c1-7-15(2)26(36)39-22-20-17(4)10-29-13-19(35)31(38)28(5)11-18(34)12-30(31,25(21(20)29)32(6)14-28)24(29)23(22)40-27(37)16(3)8-9-33/h7-8,18-25,33-35,38H,4,9-14H2,1-3,5-6H3/b15-7+,16-8+/t18-,19-,20-,21+,22+,23+,24+,25?,28-,29-,30-,31-/m0/s1. The molecule has 0 radical (unpaired) electrons. The molecule has 12 atom stereocenters. The molecule has 4 N–H and O–H groups in total. The lowest BCUT2D eigenvalue weighted by molar-refractivity contribution is -0.342. The summed E-state index contributed by atoms with van der Waals surface area (Å²) in [5, 5.41) is 45.5. The third kappa shape index (κ3) is 3.05. The average molecular weight is 558 g/mol. The molecule has 1 unspecified atom stereocenters. The number of carbonyl (C=O) groups excluding carboxylic acids is 2.